The fourth-order valence-corrected chi connectivity index (χ4v) is 5.11. The zero-order valence-corrected chi connectivity index (χ0v) is 19.4. The van der Waals surface area contributed by atoms with E-state index in [4.69, 9.17) is 4.98 Å². The van der Waals surface area contributed by atoms with Crippen molar-refractivity contribution in [2.24, 2.45) is 0 Å². The third-order valence-electron chi connectivity index (χ3n) is 7.31. The van der Waals surface area contributed by atoms with Gasteiger partial charge in [0.15, 0.2) is 11.5 Å². The Hall–Kier alpha value is -3.52. The first-order chi connectivity index (χ1) is 17.0. The second-order valence-corrected chi connectivity index (χ2v) is 9.97. The molecule has 2 saturated carbocycles. The van der Waals surface area contributed by atoms with Gasteiger partial charge in [0.05, 0.1) is 17.1 Å². The summed E-state index contributed by atoms with van der Waals surface area (Å²) in [6, 6.07) is 12.3. The largest absolute Gasteiger partial charge is 0.393 e. The monoisotopic (exact) mass is 473 g/mol. The van der Waals surface area contributed by atoms with Crippen LogP contribution < -0.4 is 10.6 Å². The molecule has 180 valence electrons. The summed E-state index contributed by atoms with van der Waals surface area (Å²) in [5, 5.41) is 16.5. The minimum Gasteiger partial charge on any atom is -0.393 e. The van der Waals surface area contributed by atoms with Gasteiger partial charge in [0.1, 0.15) is 5.82 Å². The molecule has 8 heteroatoms. The molecular weight excluding hydrogens is 445 g/mol. The van der Waals surface area contributed by atoms with Gasteiger partial charge in [-0.1, -0.05) is 12.1 Å². The molecule has 0 radical (unpaired) electrons. The quantitative estimate of drug-likeness (QED) is 0.390. The Morgan fingerprint density at radius 2 is 1.89 bits per heavy atom. The molecule has 0 bridgehead atoms. The first-order valence-electron chi connectivity index (χ1n) is 12.3. The zero-order chi connectivity index (χ0) is 24.0. The van der Waals surface area contributed by atoms with E-state index in [0.717, 1.165) is 66.6 Å². The number of carbonyl (C=O) groups is 1. The minimum absolute atomic E-state index is 0.122. The molecule has 6 rings (SSSR count). The number of aromatic nitrogens is 3. The molecule has 3 N–H and O–H groups in total. The number of rotatable bonds is 6. The summed E-state index contributed by atoms with van der Waals surface area (Å²) in [6.07, 6.45) is 9.28. The average Bonchev–Trinajstić information content (AvgIpc) is 3.41. The predicted molar refractivity (Wildman–Crippen MR) is 132 cm³/mol. The molecule has 0 atom stereocenters. The van der Waals surface area contributed by atoms with Gasteiger partial charge in [-0.3, -0.25) is 9.20 Å². The third-order valence-corrected chi connectivity index (χ3v) is 7.31. The van der Waals surface area contributed by atoms with Gasteiger partial charge in [0.25, 0.3) is 5.91 Å². The van der Waals surface area contributed by atoms with Gasteiger partial charge in [-0.2, -0.15) is 0 Å². The van der Waals surface area contributed by atoms with Gasteiger partial charge in [-0.05, 0) is 80.8 Å². The van der Waals surface area contributed by atoms with Crippen LogP contribution in [0.25, 0.3) is 16.7 Å². The second-order valence-electron chi connectivity index (χ2n) is 9.97. The van der Waals surface area contributed by atoms with Gasteiger partial charge < -0.3 is 15.7 Å². The second kappa shape index (κ2) is 8.61. The van der Waals surface area contributed by atoms with Crippen LogP contribution in [-0.2, 0) is 6.42 Å². The number of hydrogen-bond donors (Lipinski definition) is 3. The fourth-order valence-electron chi connectivity index (χ4n) is 5.11. The Labute approximate surface area is 202 Å². The number of anilines is 1. The topological polar surface area (TPSA) is 91.5 Å². The van der Waals surface area contributed by atoms with Crippen LogP contribution >= 0.6 is 0 Å². The van der Waals surface area contributed by atoms with E-state index >= 15 is 0 Å². The highest BCUT2D eigenvalue weighted by molar-refractivity contribution is 5.98. The summed E-state index contributed by atoms with van der Waals surface area (Å²) in [5.41, 5.74) is 3.63. The number of imidazole rings is 1. The summed E-state index contributed by atoms with van der Waals surface area (Å²) in [4.78, 5) is 22.5. The van der Waals surface area contributed by atoms with Crippen LogP contribution in [-0.4, -0.2) is 43.1 Å². The standard InChI is InChI=1S/C27H28FN5O2/c28-19-4-1-17(2-5-19)16-27(11-12-27)32-26(35)18-3-10-22-23(15-18)33-14-13-29-25(33)24(31-22)30-20-6-8-21(34)9-7-20/h1-5,10,13-15,20-21,34H,6-9,11-12,16H2,(H,30,31)(H,32,35). The van der Waals surface area contributed by atoms with Gasteiger partial charge in [-0.15, -0.1) is 0 Å². The molecule has 0 saturated heterocycles. The molecule has 1 amide bonds. The number of nitrogens with zero attached hydrogens (tertiary/aromatic N) is 3. The van der Waals surface area contributed by atoms with Crippen LogP contribution in [0, 0.1) is 5.82 Å². The lowest BCUT2D eigenvalue weighted by atomic mass is 9.93. The number of carbonyl (C=O) groups excluding carboxylic acids is 1. The molecule has 35 heavy (non-hydrogen) atoms. The minimum atomic E-state index is -0.270. The number of hydrogen-bond acceptors (Lipinski definition) is 5. The van der Waals surface area contributed by atoms with E-state index in [2.05, 4.69) is 15.6 Å². The van der Waals surface area contributed by atoms with Crippen LogP contribution in [0.15, 0.2) is 54.9 Å². The number of aliphatic hydroxyl groups excluding tert-OH is 1. The molecule has 0 unspecified atom stereocenters. The lowest BCUT2D eigenvalue weighted by Gasteiger charge is -2.26. The lowest BCUT2D eigenvalue weighted by molar-refractivity contribution is 0.0931. The Morgan fingerprint density at radius 1 is 1.11 bits per heavy atom. The number of benzene rings is 2. The molecule has 2 fully saturated rings. The van der Waals surface area contributed by atoms with Gasteiger partial charge >= 0.3 is 0 Å². The SMILES string of the molecule is O=C(NC1(Cc2ccc(F)cc2)CC1)c1ccc2nc(NC3CCC(O)CC3)c3nccn3c2c1. The van der Waals surface area contributed by atoms with E-state index < -0.39 is 0 Å². The van der Waals surface area contributed by atoms with Crippen LogP contribution in [0.2, 0.25) is 0 Å². The summed E-state index contributed by atoms with van der Waals surface area (Å²) in [6.45, 7) is 0. The van der Waals surface area contributed by atoms with Crippen molar-refractivity contribution < 1.29 is 14.3 Å². The summed E-state index contributed by atoms with van der Waals surface area (Å²) in [7, 11) is 0. The first-order valence-corrected chi connectivity index (χ1v) is 12.3. The Bertz CT molecular complexity index is 1390. The number of aliphatic hydroxyl groups is 1. The van der Waals surface area contributed by atoms with Crippen molar-refractivity contribution >= 4 is 28.4 Å². The Morgan fingerprint density at radius 3 is 2.63 bits per heavy atom. The Kier molecular flexibility index (Phi) is 5.40. The first kappa shape index (κ1) is 22.0. The van der Waals surface area contributed by atoms with Gasteiger partial charge in [-0.25, -0.2) is 14.4 Å². The van der Waals surface area contributed by atoms with E-state index in [9.17, 15) is 14.3 Å². The smallest absolute Gasteiger partial charge is 0.251 e. The highest BCUT2D eigenvalue weighted by Gasteiger charge is 2.44. The van der Waals surface area contributed by atoms with Crippen molar-refractivity contribution in [3.63, 3.8) is 0 Å². The highest BCUT2D eigenvalue weighted by atomic mass is 19.1. The van der Waals surface area contributed by atoms with E-state index in [1.165, 1.54) is 12.1 Å². The van der Waals surface area contributed by atoms with Crippen molar-refractivity contribution in [2.75, 3.05) is 5.32 Å². The molecule has 2 aromatic heterocycles. The van der Waals surface area contributed by atoms with E-state index in [-0.39, 0.29) is 29.4 Å². The van der Waals surface area contributed by atoms with Gasteiger partial charge in [0.2, 0.25) is 0 Å². The molecule has 2 heterocycles. The molecule has 4 aromatic rings. The van der Waals surface area contributed by atoms with Crippen LogP contribution in [0.3, 0.4) is 0 Å². The fraction of sp³-hybridized carbons (Fsp3) is 0.370. The number of fused-ring (bicyclic) bond motifs is 3. The van der Waals surface area contributed by atoms with Crippen molar-refractivity contribution in [2.45, 2.75) is 62.6 Å². The van der Waals surface area contributed by atoms with E-state index in [1.54, 1.807) is 18.3 Å². The molecule has 0 aliphatic heterocycles. The highest BCUT2D eigenvalue weighted by Crippen LogP contribution is 2.39. The lowest BCUT2D eigenvalue weighted by Crippen LogP contribution is -2.38. The van der Waals surface area contributed by atoms with Crippen LogP contribution in [0.4, 0.5) is 10.2 Å². The van der Waals surface area contributed by atoms with Crippen molar-refractivity contribution in [3.05, 3.63) is 71.8 Å². The maximum Gasteiger partial charge on any atom is 0.251 e. The normalized spacial score (nSPS) is 21.2. The number of halogens is 1. The summed E-state index contributed by atoms with van der Waals surface area (Å²) >= 11 is 0. The number of nitrogens with one attached hydrogen (secondary N) is 2. The van der Waals surface area contributed by atoms with Crippen LogP contribution in [0.1, 0.15) is 54.4 Å². The maximum absolute atomic E-state index is 13.2. The van der Waals surface area contributed by atoms with Crippen LogP contribution in [0.5, 0.6) is 0 Å². The molecule has 7 nitrogen and oxygen atoms in total. The summed E-state index contributed by atoms with van der Waals surface area (Å²) in [5.74, 6) is 0.342. The molecule has 2 aromatic carbocycles. The van der Waals surface area contributed by atoms with Gasteiger partial charge in [0, 0.05) is 29.5 Å². The zero-order valence-electron chi connectivity index (χ0n) is 19.4. The van der Waals surface area contributed by atoms with E-state index in [1.807, 2.05) is 28.8 Å². The van der Waals surface area contributed by atoms with Crippen molar-refractivity contribution in [3.8, 4) is 0 Å². The third kappa shape index (κ3) is 4.46. The molecule has 2 aliphatic rings. The maximum atomic E-state index is 13.2. The number of amides is 1. The van der Waals surface area contributed by atoms with Crippen molar-refractivity contribution in [1.82, 2.24) is 19.7 Å². The van der Waals surface area contributed by atoms with Crippen molar-refractivity contribution in [1.29, 1.82) is 0 Å². The predicted octanol–water partition coefficient (Wildman–Crippen LogP) is 4.24. The molecular formula is C27H28FN5O2. The van der Waals surface area contributed by atoms with E-state index in [0.29, 0.717) is 12.0 Å². The average molecular weight is 474 g/mol. The summed E-state index contributed by atoms with van der Waals surface area (Å²) < 4.78 is 15.2. The molecule has 2 aliphatic carbocycles. The molecule has 0 spiro atoms. The Balaban J connectivity index is 1.24.